The molecule has 5 heteroatoms. The van der Waals surface area contributed by atoms with Crippen LogP contribution in [0.1, 0.15) is 31.4 Å². The number of nitrogens with zero attached hydrogens (tertiary/aromatic N) is 1. The van der Waals surface area contributed by atoms with Crippen LogP contribution in [0.15, 0.2) is 18.2 Å². The summed E-state index contributed by atoms with van der Waals surface area (Å²) in [5.41, 5.74) is 7.25. The number of carbonyl (C=O) groups is 1. The SMILES string of the molecule is CCC1CC(=O)N(CC(N)c2ccc3c(c2)OCCO3)C1. The van der Waals surface area contributed by atoms with Gasteiger partial charge in [0.25, 0.3) is 0 Å². The van der Waals surface area contributed by atoms with Crippen LogP contribution in [0.3, 0.4) is 0 Å². The molecule has 1 fully saturated rings. The molecule has 2 aliphatic rings. The first-order valence-electron chi connectivity index (χ1n) is 7.60. The molecule has 0 saturated carbocycles. The van der Waals surface area contributed by atoms with Crippen molar-refractivity contribution in [1.29, 1.82) is 0 Å². The molecule has 1 saturated heterocycles. The fourth-order valence-corrected chi connectivity index (χ4v) is 2.94. The van der Waals surface area contributed by atoms with E-state index >= 15 is 0 Å². The Kier molecular flexibility index (Phi) is 4.01. The van der Waals surface area contributed by atoms with Crippen LogP contribution in [-0.4, -0.2) is 37.1 Å². The van der Waals surface area contributed by atoms with Gasteiger partial charge in [0, 0.05) is 25.6 Å². The molecule has 114 valence electrons. The van der Waals surface area contributed by atoms with Gasteiger partial charge in [0.1, 0.15) is 13.2 Å². The Hall–Kier alpha value is -1.75. The molecule has 2 atom stereocenters. The van der Waals surface area contributed by atoms with Crippen LogP contribution in [0.2, 0.25) is 0 Å². The molecule has 0 radical (unpaired) electrons. The van der Waals surface area contributed by atoms with Gasteiger partial charge in [-0.15, -0.1) is 0 Å². The highest BCUT2D eigenvalue weighted by Crippen LogP contribution is 2.32. The zero-order chi connectivity index (χ0) is 14.8. The van der Waals surface area contributed by atoms with Crippen LogP contribution in [0.4, 0.5) is 0 Å². The molecule has 21 heavy (non-hydrogen) atoms. The number of nitrogens with two attached hydrogens (primary N) is 1. The zero-order valence-corrected chi connectivity index (χ0v) is 12.4. The Labute approximate surface area is 125 Å². The lowest BCUT2D eigenvalue weighted by molar-refractivity contribution is -0.127. The van der Waals surface area contributed by atoms with Crippen molar-refractivity contribution >= 4 is 5.91 Å². The molecule has 0 aliphatic carbocycles. The summed E-state index contributed by atoms with van der Waals surface area (Å²) in [6.45, 7) is 4.67. The van der Waals surface area contributed by atoms with Crippen molar-refractivity contribution < 1.29 is 14.3 Å². The third kappa shape index (κ3) is 2.97. The summed E-state index contributed by atoms with van der Waals surface area (Å²) in [6.07, 6.45) is 1.70. The van der Waals surface area contributed by atoms with Gasteiger partial charge in [-0.2, -0.15) is 0 Å². The summed E-state index contributed by atoms with van der Waals surface area (Å²) in [4.78, 5) is 13.9. The first-order chi connectivity index (χ1) is 10.2. The van der Waals surface area contributed by atoms with Crippen molar-refractivity contribution in [3.63, 3.8) is 0 Å². The summed E-state index contributed by atoms with van der Waals surface area (Å²) in [7, 11) is 0. The first-order valence-corrected chi connectivity index (χ1v) is 7.60. The highest BCUT2D eigenvalue weighted by molar-refractivity contribution is 5.78. The number of benzene rings is 1. The molecule has 5 nitrogen and oxygen atoms in total. The lowest BCUT2D eigenvalue weighted by Crippen LogP contribution is -2.33. The summed E-state index contributed by atoms with van der Waals surface area (Å²) in [5, 5.41) is 0. The predicted molar refractivity (Wildman–Crippen MR) is 79.3 cm³/mol. The standard InChI is InChI=1S/C16H22N2O3/c1-2-11-7-16(19)18(9-11)10-13(17)12-3-4-14-15(8-12)21-6-5-20-14/h3-4,8,11,13H,2,5-7,9-10,17H2,1H3. The lowest BCUT2D eigenvalue weighted by Gasteiger charge is -2.23. The smallest absolute Gasteiger partial charge is 0.222 e. The van der Waals surface area contributed by atoms with Crippen molar-refractivity contribution in [2.75, 3.05) is 26.3 Å². The maximum atomic E-state index is 12.0. The van der Waals surface area contributed by atoms with E-state index < -0.39 is 0 Å². The van der Waals surface area contributed by atoms with Gasteiger partial charge in [-0.1, -0.05) is 19.4 Å². The third-order valence-electron chi connectivity index (χ3n) is 4.28. The van der Waals surface area contributed by atoms with Crippen LogP contribution in [-0.2, 0) is 4.79 Å². The van der Waals surface area contributed by atoms with E-state index in [0.29, 0.717) is 32.1 Å². The van der Waals surface area contributed by atoms with E-state index in [1.54, 1.807) is 0 Å². The number of carbonyl (C=O) groups excluding carboxylic acids is 1. The van der Waals surface area contributed by atoms with Gasteiger partial charge < -0.3 is 20.1 Å². The largest absolute Gasteiger partial charge is 0.486 e. The van der Waals surface area contributed by atoms with Gasteiger partial charge in [-0.05, 0) is 23.6 Å². The Morgan fingerprint density at radius 2 is 2.10 bits per heavy atom. The molecular formula is C16H22N2O3. The Morgan fingerprint density at radius 1 is 1.33 bits per heavy atom. The molecule has 1 aromatic rings. The number of fused-ring (bicyclic) bond motifs is 1. The number of hydrogen-bond donors (Lipinski definition) is 1. The minimum atomic E-state index is -0.194. The van der Waals surface area contributed by atoms with E-state index in [0.717, 1.165) is 30.0 Å². The lowest BCUT2D eigenvalue weighted by atomic mass is 10.1. The van der Waals surface area contributed by atoms with E-state index in [2.05, 4.69) is 6.92 Å². The Morgan fingerprint density at radius 3 is 2.81 bits per heavy atom. The van der Waals surface area contributed by atoms with Crippen molar-refractivity contribution in [1.82, 2.24) is 4.90 Å². The fourth-order valence-electron chi connectivity index (χ4n) is 2.94. The van der Waals surface area contributed by atoms with Crippen molar-refractivity contribution in [3.8, 4) is 11.5 Å². The summed E-state index contributed by atoms with van der Waals surface area (Å²) in [6, 6.07) is 5.58. The molecule has 2 heterocycles. The zero-order valence-electron chi connectivity index (χ0n) is 12.4. The molecule has 3 rings (SSSR count). The van der Waals surface area contributed by atoms with Gasteiger partial charge in [0.05, 0.1) is 0 Å². The molecule has 2 aliphatic heterocycles. The maximum Gasteiger partial charge on any atom is 0.222 e. The van der Waals surface area contributed by atoms with E-state index in [1.165, 1.54) is 0 Å². The second kappa shape index (κ2) is 5.93. The van der Waals surface area contributed by atoms with E-state index in [9.17, 15) is 4.79 Å². The molecule has 0 bridgehead atoms. The number of ether oxygens (including phenoxy) is 2. The Balaban J connectivity index is 1.68. The molecule has 2 unspecified atom stereocenters. The number of hydrogen-bond acceptors (Lipinski definition) is 4. The number of likely N-dealkylation sites (tertiary alicyclic amines) is 1. The van der Waals surface area contributed by atoms with E-state index in [-0.39, 0.29) is 11.9 Å². The van der Waals surface area contributed by atoms with E-state index in [1.807, 2.05) is 23.1 Å². The minimum Gasteiger partial charge on any atom is -0.486 e. The first kappa shape index (κ1) is 14.2. The van der Waals surface area contributed by atoms with Crippen molar-refractivity contribution in [2.24, 2.45) is 11.7 Å². The van der Waals surface area contributed by atoms with Crippen LogP contribution < -0.4 is 15.2 Å². The topological polar surface area (TPSA) is 64.8 Å². The van der Waals surface area contributed by atoms with Gasteiger partial charge in [-0.3, -0.25) is 4.79 Å². The summed E-state index contributed by atoms with van der Waals surface area (Å²) < 4.78 is 11.1. The molecule has 0 aromatic heterocycles. The minimum absolute atomic E-state index is 0.194. The normalized spacial score (nSPS) is 22.5. The monoisotopic (exact) mass is 290 g/mol. The highest BCUT2D eigenvalue weighted by Gasteiger charge is 2.29. The van der Waals surface area contributed by atoms with Crippen LogP contribution in [0, 0.1) is 5.92 Å². The van der Waals surface area contributed by atoms with Gasteiger partial charge in [-0.25, -0.2) is 0 Å². The fraction of sp³-hybridized carbons (Fsp3) is 0.562. The maximum absolute atomic E-state index is 12.0. The van der Waals surface area contributed by atoms with Crippen molar-refractivity contribution in [3.05, 3.63) is 23.8 Å². The second-order valence-corrected chi connectivity index (χ2v) is 5.79. The predicted octanol–water partition coefficient (Wildman–Crippen LogP) is 1.72. The van der Waals surface area contributed by atoms with E-state index in [4.69, 9.17) is 15.2 Å². The average molecular weight is 290 g/mol. The summed E-state index contributed by atoms with van der Waals surface area (Å²) in [5.74, 6) is 2.20. The van der Waals surface area contributed by atoms with Crippen LogP contribution >= 0.6 is 0 Å². The van der Waals surface area contributed by atoms with Crippen LogP contribution in [0.5, 0.6) is 11.5 Å². The average Bonchev–Trinajstić information content (AvgIpc) is 2.87. The molecular weight excluding hydrogens is 268 g/mol. The third-order valence-corrected chi connectivity index (χ3v) is 4.28. The number of rotatable bonds is 4. The highest BCUT2D eigenvalue weighted by atomic mass is 16.6. The van der Waals surface area contributed by atoms with Crippen molar-refractivity contribution in [2.45, 2.75) is 25.8 Å². The van der Waals surface area contributed by atoms with Crippen LogP contribution in [0.25, 0.3) is 0 Å². The van der Waals surface area contributed by atoms with Gasteiger partial charge in [0.2, 0.25) is 5.91 Å². The second-order valence-electron chi connectivity index (χ2n) is 5.79. The molecule has 1 amide bonds. The molecule has 2 N–H and O–H groups in total. The molecule has 1 aromatic carbocycles. The molecule has 0 spiro atoms. The summed E-state index contributed by atoms with van der Waals surface area (Å²) >= 11 is 0. The van der Waals surface area contributed by atoms with Gasteiger partial charge in [0.15, 0.2) is 11.5 Å². The Bertz CT molecular complexity index is 532. The number of amides is 1. The van der Waals surface area contributed by atoms with Gasteiger partial charge >= 0.3 is 0 Å². The quantitative estimate of drug-likeness (QED) is 0.917.